The quantitative estimate of drug-likeness (QED) is 0.451. The summed E-state index contributed by atoms with van der Waals surface area (Å²) in [4.78, 5) is 0. The predicted molar refractivity (Wildman–Crippen MR) is 92.2 cm³/mol. The highest BCUT2D eigenvalue weighted by Crippen LogP contribution is 2.43. The smallest absolute Gasteiger partial charge is 0.250 e. The van der Waals surface area contributed by atoms with Gasteiger partial charge in [-0.2, -0.15) is 0 Å². The molecule has 0 saturated heterocycles. The van der Waals surface area contributed by atoms with E-state index in [0.29, 0.717) is 11.8 Å². The second-order valence-corrected chi connectivity index (χ2v) is 12.5. The maximum atomic E-state index is 6.60. The zero-order chi connectivity index (χ0) is 15.7. The Morgan fingerprint density at radius 1 is 1.35 bits per heavy atom. The first-order valence-electron chi connectivity index (χ1n) is 7.66. The fraction of sp³-hybridized carbons (Fsp3) is 0.667. The lowest BCUT2D eigenvalue weighted by Gasteiger charge is -2.41. The zero-order valence-corrected chi connectivity index (χ0v) is 15.5. The summed E-state index contributed by atoms with van der Waals surface area (Å²) >= 11 is 0. The van der Waals surface area contributed by atoms with Crippen LogP contribution in [0.15, 0.2) is 36.1 Å². The third-order valence-corrected chi connectivity index (χ3v) is 9.50. The van der Waals surface area contributed by atoms with Crippen LogP contribution in [0.1, 0.15) is 47.5 Å². The minimum atomic E-state index is -1.76. The highest BCUT2D eigenvalue weighted by Gasteiger charge is 2.41. The van der Waals surface area contributed by atoms with Crippen molar-refractivity contribution in [2.24, 2.45) is 11.8 Å². The van der Waals surface area contributed by atoms with Crippen molar-refractivity contribution in [2.75, 3.05) is 0 Å². The normalized spacial score (nSPS) is 24.6. The topological polar surface area (TPSA) is 9.23 Å². The maximum absolute atomic E-state index is 6.60. The fourth-order valence-electron chi connectivity index (χ4n) is 2.39. The second-order valence-electron chi connectivity index (χ2n) is 7.79. The van der Waals surface area contributed by atoms with Gasteiger partial charge in [0.1, 0.15) is 0 Å². The number of rotatable bonds is 4. The van der Waals surface area contributed by atoms with Gasteiger partial charge in [0, 0.05) is 12.3 Å². The molecule has 0 unspecified atom stereocenters. The van der Waals surface area contributed by atoms with E-state index in [4.69, 9.17) is 4.43 Å². The lowest BCUT2D eigenvalue weighted by Crippen LogP contribution is -2.41. The van der Waals surface area contributed by atoms with Gasteiger partial charge in [-0.15, -0.1) is 6.58 Å². The van der Waals surface area contributed by atoms with E-state index >= 15 is 0 Å². The van der Waals surface area contributed by atoms with Gasteiger partial charge in [-0.3, -0.25) is 0 Å². The van der Waals surface area contributed by atoms with Gasteiger partial charge in [-0.25, -0.2) is 0 Å². The van der Waals surface area contributed by atoms with Gasteiger partial charge in [0.2, 0.25) is 8.32 Å². The zero-order valence-electron chi connectivity index (χ0n) is 14.5. The van der Waals surface area contributed by atoms with E-state index in [9.17, 15) is 0 Å². The van der Waals surface area contributed by atoms with Gasteiger partial charge in [0.05, 0.1) is 5.76 Å². The molecule has 1 aliphatic rings. The van der Waals surface area contributed by atoms with Crippen LogP contribution in [0.4, 0.5) is 0 Å². The molecule has 2 heteroatoms. The third-order valence-electron chi connectivity index (χ3n) is 5.13. The summed E-state index contributed by atoms with van der Waals surface area (Å²) in [6, 6.07) is 0. The molecule has 0 aromatic heterocycles. The summed E-state index contributed by atoms with van der Waals surface area (Å²) in [7, 11) is -1.76. The van der Waals surface area contributed by atoms with E-state index < -0.39 is 8.32 Å². The molecule has 0 amide bonds. The Morgan fingerprint density at radius 3 is 2.30 bits per heavy atom. The highest BCUT2D eigenvalue weighted by atomic mass is 28.4. The van der Waals surface area contributed by atoms with Crippen molar-refractivity contribution in [2.45, 2.75) is 65.6 Å². The van der Waals surface area contributed by atoms with Crippen LogP contribution in [-0.2, 0) is 4.43 Å². The van der Waals surface area contributed by atoms with Crippen LogP contribution in [0, 0.1) is 11.8 Å². The number of hydrogen-bond donors (Lipinski definition) is 0. The molecular formula is C18H32OSi. The molecule has 2 atom stereocenters. The van der Waals surface area contributed by atoms with Crippen LogP contribution in [0.25, 0.3) is 0 Å². The van der Waals surface area contributed by atoms with E-state index in [0.717, 1.165) is 12.8 Å². The van der Waals surface area contributed by atoms with Crippen molar-refractivity contribution in [1.29, 1.82) is 0 Å². The molecule has 0 radical (unpaired) electrons. The molecule has 114 valence electrons. The van der Waals surface area contributed by atoms with Crippen LogP contribution in [0.5, 0.6) is 0 Å². The van der Waals surface area contributed by atoms with Gasteiger partial charge < -0.3 is 4.43 Å². The molecule has 0 spiro atoms. The van der Waals surface area contributed by atoms with Crippen molar-refractivity contribution in [3.05, 3.63) is 36.1 Å². The van der Waals surface area contributed by atoms with E-state index in [-0.39, 0.29) is 5.04 Å². The first-order chi connectivity index (χ1) is 8.99. The molecular weight excluding hydrogens is 260 g/mol. The molecule has 0 fully saturated rings. The van der Waals surface area contributed by atoms with Crippen LogP contribution >= 0.6 is 0 Å². The molecule has 0 heterocycles. The Hall–Kier alpha value is -0.763. The summed E-state index contributed by atoms with van der Waals surface area (Å²) in [6.45, 7) is 24.0. The van der Waals surface area contributed by atoms with Gasteiger partial charge >= 0.3 is 0 Å². The highest BCUT2D eigenvalue weighted by molar-refractivity contribution is 6.74. The van der Waals surface area contributed by atoms with Crippen molar-refractivity contribution >= 4 is 8.32 Å². The van der Waals surface area contributed by atoms with Gasteiger partial charge in [0.25, 0.3) is 0 Å². The average Bonchev–Trinajstić information content (AvgIpc) is 2.29. The largest absolute Gasteiger partial charge is 0.547 e. The standard InChI is InChI=1S/C18H32OSi/c1-10-15-11-16(13(2)3)12-17(14(15)4)19-20(8,9)18(5,6)7/h10,15-16H,1-2,11-12H2,3-9H3/t15-,16-/m0/s1. The molecule has 0 N–H and O–H groups in total. The van der Waals surface area contributed by atoms with Gasteiger partial charge in [-0.05, 0) is 49.9 Å². The summed E-state index contributed by atoms with van der Waals surface area (Å²) in [5.74, 6) is 2.17. The predicted octanol–water partition coefficient (Wildman–Crippen LogP) is 6.07. The van der Waals surface area contributed by atoms with Crippen molar-refractivity contribution < 1.29 is 4.43 Å². The average molecular weight is 293 g/mol. The van der Waals surface area contributed by atoms with Crippen molar-refractivity contribution in [3.8, 4) is 0 Å². The Morgan fingerprint density at radius 2 is 1.90 bits per heavy atom. The minimum Gasteiger partial charge on any atom is -0.547 e. The lowest BCUT2D eigenvalue weighted by molar-refractivity contribution is 0.305. The molecule has 0 aromatic rings. The Bertz CT molecular complexity index is 423. The summed E-state index contributed by atoms with van der Waals surface area (Å²) in [5.41, 5.74) is 2.64. The minimum absolute atomic E-state index is 0.236. The Labute approximate surface area is 126 Å². The molecule has 20 heavy (non-hydrogen) atoms. The molecule has 0 aromatic carbocycles. The third kappa shape index (κ3) is 3.66. The first kappa shape index (κ1) is 17.3. The first-order valence-corrected chi connectivity index (χ1v) is 10.6. The molecule has 1 rings (SSSR count). The van der Waals surface area contributed by atoms with Gasteiger partial charge in [-0.1, -0.05) is 39.0 Å². The molecule has 1 aliphatic carbocycles. The maximum Gasteiger partial charge on any atom is 0.250 e. The molecule has 0 bridgehead atoms. The molecule has 0 saturated carbocycles. The summed E-state index contributed by atoms with van der Waals surface area (Å²) in [5, 5.41) is 0.236. The number of hydrogen-bond acceptors (Lipinski definition) is 1. The second kappa shape index (κ2) is 5.93. The van der Waals surface area contributed by atoms with E-state index in [1.165, 1.54) is 16.9 Å². The van der Waals surface area contributed by atoms with E-state index in [1.807, 2.05) is 0 Å². The summed E-state index contributed by atoms with van der Waals surface area (Å²) in [6.07, 6.45) is 4.21. The lowest BCUT2D eigenvalue weighted by atomic mass is 9.78. The van der Waals surface area contributed by atoms with Crippen LogP contribution in [0.2, 0.25) is 18.1 Å². The monoisotopic (exact) mass is 292 g/mol. The Balaban J connectivity index is 3.07. The molecule has 0 aliphatic heterocycles. The van der Waals surface area contributed by atoms with E-state index in [1.54, 1.807) is 0 Å². The Kier molecular flexibility index (Phi) is 5.12. The van der Waals surface area contributed by atoms with Crippen LogP contribution in [-0.4, -0.2) is 8.32 Å². The van der Waals surface area contributed by atoms with Crippen LogP contribution in [0.3, 0.4) is 0 Å². The molecule has 1 nitrogen and oxygen atoms in total. The van der Waals surface area contributed by atoms with Crippen molar-refractivity contribution in [3.63, 3.8) is 0 Å². The van der Waals surface area contributed by atoms with E-state index in [2.05, 4.69) is 66.9 Å². The van der Waals surface area contributed by atoms with Crippen molar-refractivity contribution in [1.82, 2.24) is 0 Å². The summed E-state index contributed by atoms with van der Waals surface area (Å²) < 4.78 is 6.60. The van der Waals surface area contributed by atoms with Gasteiger partial charge in [0.15, 0.2) is 0 Å². The van der Waals surface area contributed by atoms with Crippen LogP contribution < -0.4 is 0 Å². The fourth-order valence-corrected chi connectivity index (χ4v) is 3.56. The number of allylic oxidation sites excluding steroid dienone is 4. The SMILES string of the molecule is C=C[C@H]1C[C@H](C(=C)C)CC(O[Si](C)(C)C(C)(C)C)=C1C.